The first-order valence-corrected chi connectivity index (χ1v) is 7.18. The smallest absolute Gasteiger partial charge is 0.266 e. The summed E-state index contributed by atoms with van der Waals surface area (Å²) < 4.78 is 0. The molecule has 23 heavy (non-hydrogen) atoms. The number of amides is 2. The third-order valence-corrected chi connectivity index (χ3v) is 3.86. The number of rotatable bonds is 3. The van der Waals surface area contributed by atoms with Crippen LogP contribution in [0.1, 0.15) is 41.4 Å². The maximum absolute atomic E-state index is 12.4. The number of benzene rings is 2. The van der Waals surface area contributed by atoms with Crippen molar-refractivity contribution in [1.29, 1.82) is 0 Å². The molecule has 0 atom stereocenters. The molecule has 0 spiro atoms. The Labute approximate surface area is 140 Å². The van der Waals surface area contributed by atoms with Crippen LogP contribution in [0, 0.1) is 0 Å². The van der Waals surface area contributed by atoms with E-state index in [-0.39, 0.29) is 27.9 Å². The number of hydrogen-bond acceptors (Lipinski definition) is 4. The van der Waals surface area contributed by atoms with Gasteiger partial charge in [-0.2, -0.15) is 0 Å². The number of imide groups is 1. The van der Waals surface area contributed by atoms with Gasteiger partial charge in [-0.3, -0.25) is 19.2 Å². The van der Waals surface area contributed by atoms with Crippen LogP contribution < -0.4 is 4.90 Å². The SMILES string of the molecule is O=C(Cl)c1cc(C(=O)Cl)cc(N2C(=O)c3ccccc3C2=O)c1. The van der Waals surface area contributed by atoms with Gasteiger partial charge in [0, 0.05) is 11.1 Å². The van der Waals surface area contributed by atoms with Gasteiger partial charge in [0.05, 0.1) is 16.8 Å². The average molecular weight is 348 g/mol. The van der Waals surface area contributed by atoms with Crippen molar-refractivity contribution >= 4 is 51.2 Å². The van der Waals surface area contributed by atoms with Crippen molar-refractivity contribution in [2.75, 3.05) is 4.90 Å². The van der Waals surface area contributed by atoms with Gasteiger partial charge in [-0.05, 0) is 53.5 Å². The van der Waals surface area contributed by atoms with Crippen LogP contribution in [0.15, 0.2) is 42.5 Å². The highest BCUT2D eigenvalue weighted by Crippen LogP contribution is 2.30. The Hall–Kier alpha value is -2.50. The quantitative estimate of drug-likeness (QED) is 0.631. The summed E-state index contributed by atoms with van der Waals surface area (Å²) >= 11 is 10.9. The molecule has 114 valence electrons. The van der Waals surface area contributed by atoms with Crippen molar-refractivity contribution in [3.05, 3.63) is 64.7 Å². The number of fused-ring (bicyclic) bond motifs is 1. The Kier molecular flexibility index (Phi) is 3.75. The minimum atomic E-state index is -0.831. The van der Waals surface area contributed by atoms with Gasteiger partial charge >= 0.3 is 0 Å². The third-order valence-electron chi connectivity index (χ3n) is 3.42. The number of carbonyl (C=O) groups is 4. The second kappa shape index (κ2) is 5.61. The molecule has 5 nitrogen and oxygen atoms in total. The van der Waals surface area contributed by atoms with E-state index < -0.39 is 22.3 Å². The third kappa shape index (κ3) is 2.54. The largest absolute Gasteiger partial charge is 0.276 e. The van der Waals surface area contributed by atoms with Crippen LogP contribution in [0.5, 0.6) is 0 Å². The highest BCUT2D eigenvalue weighted by atomic mass is 35.5. The van der Waals surface area contributed by atoms with Crippen molar-refractivity contribution in [1.82, 2.24) is 0 Å². The monoisotopic (exact) mass is 347 g/mol. The molecule has 0 aromatic heterocycles. The molecule has 7 heteroatoms. The van der Waals surface area contributed by atoms with Gasteiger partial charge in [-0.25, -0.2) is 4.90 Å². The van der Waals surface area contributed by atoms with Crippen molar-refractivity contribution in [3.63, 3.8) is 0 Å². The highest BCUT2D eigenvalue weighted by molar-refractivity contribution is 6.69. The fraction of sp³-hybridized carbons (Fsp3) is 0. The van der Waals surface area contributed by atoms with Gasteiger partial charge in [0.2, 0.25) is 0 Å². The number of carbonyl (C=O) groups excluding carboxylic acids is 4. The lowest BCUT2D eigenvalue weighted by Crippen LogP contribution is -2.29. The first kappa shape index (κ1) is 15.4. The van der Waals surface area contributed by atoms with E-state index in [9.17, 15) is 19.2 Å². The standard InChI is InChI=1S/C16H7Cl2NO4/c17-13(20)8-5-9(14(18)21)7-10(6-8)19-15(22)11-3-1-2-4-12(11)16(19)23/h1-7H. The van der Waals surface area contributed by atoms with E-state index in [1.165, 1.54) is 30.3 Å². The van der Waals surface area contributed by atoms with E-state index >= 15 is 0 Å². The molecule has 1 heterocycles. The first-order chi connectivity index (χ1) is 10.9. The molecule has 0 radical (unpaired) electrons. The maximum Gasteiger partial charge on any atom is 0.266 e. The van der Waals surface area contributed by atoms with Gasteiger partial charge in [-0.15, -0.1) is 0 Å². The lowest BCUT2D eigenvalue weighted by Gasteiger charge is -2.15. The highest BCUT2D eigenvalue weighted by Gasteiger charge is 2.36. The molecule has 2 aromatic carbocycles. The minimum absolute atomic E-state index is 0.0373. The molecule has 0 aliphatic carbocycles. The molecule has 0 saturated carbocycles. The van der Waals surface area contributed by atoms with E-state index in [1.807, 2.05) is 0 Å². The molecular weight excluding hydrogens is 341 g/mol. The lowest BCUT2D eigenvalue weighted by molar-refractivity contribution is 0.0923. The average Bonchev–Trinajstić information content (AvgIpc) is 2.79. The fourth-order valence-electron chi connectivity index (χ4n) is 2.39. The normalized spacial score (nSPS) is 13.2. The zero-order valence-corrected chi connectivity index (χ0v) is 12.9. The van der Waals surface area contributed by atoms with E-state index in [0.29, 0.717) is 0 Å². The van der Waals surface area contributed by atoms with Gasteiger partial charge in [0.15, 0.2) is 0 Å². The van der Waals surface area contributed by atoms with Crippen LogP contribution in [-0.4, -0.2) is 22.3 Å². The molecule has 1 aliphatic rings. The van der Waals surface area contributed by atoms with Crippen molar-refractivity contribution in [3.8, 4) is 0 Å². The van der Waals surface area contributed by atoms with Crippen LogP contribution >= 0.6 is 23.2 Å². The van der Waals surface area contributed by atoms with Crippen molar-refractivity contribution < 1.29 is 19.2 Å². The molecule has 2 amide bonds. The second-order valence-electron chi connectivity index (χ2n) is 4.81. The second-order valence-corrected chi connectivity index (χ2v) is 5.49. The fourth-order valence-corrected chi connectivity index (χ4v) is 2.61. The van der Waals surface area contributed by atoms with Gasteiger partial charge < -0.3 is 0 Å². The van der Waals surface area contributed by atoms with Crippen LogP contribution in [0.2, 0.25) is 0 Å². The van der Waals surface area contributed by atoms with Crippen LogP contribution in [0.3, 0.4) is 0 Å². The van der Waals surface area contributed by atoms with Crippen LogP contribution in [-0.2, 0) is 0 Å². The predicted molar refractivity (Wildman–Crippen MR) is 84.4 cm³/mol. The Morgan fingerprint density at radius 2 is 1.22 bits per heavy atom. The summed E-state index contributed by atoms with van der Waals surface area (Å²) in [5.41, 5.74) is 0.485. The summed E-state index contributed by atoms with van der Waals surface area (Å²) in [7, 11) is 0. The summed E-state index contributed by atoms with van der Waals surface area (Å²) in [5.74, 6) is -1.09. The molecule has 3 rings (SSSR count). The predicted octanol–water partition coefficient (Wildman–Crippen LogP) is 3.25. The molecule has 0 fully saturated rings. The Morgan fingerprint density at radius 1 is 0.783 bits per heavy atom. The zero-order chi connectivity index (χ0) is 16.7. The summed E-state index contributed by atoms with van der Waals surface area (Å²) in [5, 5.41) is -1.66. The van der Waals surface area contributed by atoms with Crippen molar-refractivity contribution in [2.45, 2.75) is 0 Å². The maximum atomic E-state index is 12.4. The molecule has 1 aliphatic heterocycles. The van der Waals surface area contributed by atoms with Crippen LogP contribution in [0.25, 0.3) is 0 Å². The molecule has 2 aromatic rings. The summed E-state index contributed by atoms with van der Waals surface area (Å²) in [6, 6.07) is 10.1. The number of halogens is 2. The Morgan fingerprint density at radius 3 is 1.61 bits per heavy atom. The lowest BCUT2D eigenvalue weighted by atomic mass is 10.1. The van der Waals surface area contributed by atoms with Gasteiger partial charge in [-0.1, -0.05) is 12.1 Å². The molecule has 0 N–H and O–H groups in total. The zero-order valence-electron chi connectivity index (χ0n) is 11.4. The topological polar surface area (TPSA) is 71.5 Å². The summed E-state index contributed by atoms with van der Waals surface area (Å²) in [6.07, 6.45) is 0. The van der Waals surface area contributed by atoms with E-state index in [4.69, 9.17) is 23.2 Å². The number of anilines is 1. The van der Waals surface area contributed by atoms with E-state index in [2.05, 4.69) is 0 Å². The van der Waals surface area contributed by atoms with Crippen LogP contribution in [0.4, 0.5) is 5.69 Å². The van der Waals surface area contributed by atoms with Gasteiger partial charge in [0.25, 0.3) is 22.3 Å². The minimum Gasteiger partial charge on any atom is -0.276 e. The van der Waals surface area contributed by atoms with Gasteiger partial charge in [0.1, 0.15) is 0 Å². The van der Waals surface area contributed by atoms with Crippen molar-refractivity contribution in [2.24, 2.45) is 0 Å². The Balaban J connectivity index is 2.16. The molecular formula is C16H7Cl2NO4. The summed E-state index contributed by atoms with van der Waals surface area (Å²) in [4.78, 5) is 48.5. The summed E-state index contributed by atoms with van der Waals surface area (Å²) in [6.45, 7) is 0. The number of hydrogen-bond donors (Lipinski definition) is 0. The molecule has 0 bridgehead atoms. The first-order valence-electron chi connectivity index (χ1n) is 6.42. The van der Waals surface area contributed by atoms with E-state index in [0.717, 1.165) is 4.90 Å². The van der Waals surface area contributed by atoms with E-state index in [1.54, 1.807) is 12.1 Å². The Bertz CT molecular complexity index is 824. The molecule has 0 unspecified atom stereocenters. The number of nitrogens with zero attached hydrogens (tertiary/aromatic N) is 1. The molecule has 0 saturated heterocycles.